The molecule has 19 heavy (non-hydrogen) atoms. The molecule has 0 aromatic heterocycles. The highest BCUT2D eigenvalue weighted by molar-refractivity contribution is 4.97. The summed E-state index contributed by atoms with van der Waals surface area (Å²) >= 11 is 0. The molecule has 0 fully saturated rings. The van der Waals surface area contributed by atoms with E-state index in [2.05, 4.69) is 25.7 Å². The number of rotatable bonds is 12. The lowest BCUT2D eigenvalue weighted by Gasteiger charge is -2.44. The van der Waals surface area contributed by atoms with Gasteiger partial charge in [-0.2, -0.15) is 0 Å². The number of nitrogens with two attached hydrogens (primary N) is 3. The summed E-state index contributed by atoms with van der Waals surface area (Å²) < 4.78 is 0. The molecule has 116 valence electrons. The van der Waals surface area contributed by atoms with Crippen LogP contribution in [-0.2, 0) is 0 Å². The second-order valence-corrected chi connectivity index (χ2v) is 5.65. The lowest BCUT2D eigenvalue weighted by molar-refractivity contribution is 0.102. The normalized spacial score (nSPS) is 14.1. The van der Waals surface area contributed by atoms with Crippen molar-refractivity contribution in [2.45, 2.75) is 70.9 Å². The molecule has 0 saturated carbocycles. The number of nitrogens with zero attached hydrogens (tertiary/aromatic N) is 1. The first-order valence-corrected chi connectivity index (χ1v) is 8.02. The zero-order chi connectivity index (χ0) is 14.7. The molecule has 6 N–H and O–H groups in total. The second kappa shape index (κ2) is 10.6. The number of hydrogen-bond donors (Lipinski definition) is 3. The summed E-state index contributed by atoms with van der Waals surface area (Å²) in [4.78, 5) is 2.43. The SMILES string of the molecule is CCCC(N(CCN)CCN)C(N)(CCC)CCC. The molecule has 0 aromatic rings. The molecule has 0 aliphatic heterocycles. The zero-order valence-electron chi connectivity index (χ0n) is 13.3. The molecule has 0 aromatic carbocycles. The van der Waals surface area contributed by atoms with Crippen molar-refractivity contribution in [3.63, 3.8) is 0 Å². The van der Waals surface area contributed by atoms with Crippen molar-refractivity contribution in [2.75, 3.05) is 26.2 Å². The molecule has 1 atom stereocenters. The van der Waals surface area contributed by atoms with Crippen molar-refractivity contribution in [2.24, 2.45) is 17.2 Å². The lowest BCUT2D eigenvalue weighted by atomic mass is 9.79. The van der Waals surface area contributed by atoms with Gasteiger partial charge in [0.25, 0.3) is 0 Å². The maximum absolute atomic E-state index is 6.79. The molecule has 0 radical (unpaired) electrons. The van der Waals surface area contributed by atoms with Gasteiger partial charge in [-0.05, 0) is 19.3 Å². The van der Waals surface area contributed by atoms with Crippen LogP contribution in [0.1, 0.15) is 59.3 Å². The fraction of sp³-hybridized carbons (Fsp3) is 1.00. The van der Waals surface area contributed by atoms with Crippen molar-refractivity contribution in [1.82, 2.24) is 4.90 Å². The summed E-state index contributed by atoms with van der Waals surface area (Å²) in [6.07, 6.45) is 6.72. The van der Waals surface area contributed by atoms with Gasteiger partial charge in [0.1, 0.15) is 0 Å². The van der Waals surface area contributed by atoms with Crippen LogP contribution in [0.25, 0.3) is 0 Å². The largest absolute Gasteiger partial charge is 0.329 e. The van der Waals surface area contributed by atoms with Crippen LogP contribution in [0, 0.1) is 0 Å². The minimum Gasteiger partial charge on any atom is -0.329 e. The van der Waals surface area contributed by atoms with E-state index in [1.807, 2.05) is 0 Å². The van der Waals surface area contributed by atoms with Crippen molar-refractivity contribution in [3.05, 3.63) is 0 Å². The van der Waals surface area contributed by atoms with Crippen LogP contribution < -0.4 is 17.2 Å². The third kappa shape index (κ3) is 6.21. The monoisotopic (exact) mass is 272 g/mol. The molecule has 4 heteroatoms. The van der Waals surface area contributed by atoms with Gasteiger partial charge in [0, 0.05) is 37.8 Å². The van der Waals surface area contributed by atoms with Gasteiger partial charge >= 0.3 is 0 Å². The first-order chi connectivity index (χ1) is 9.09. The summed E-state index contributed by atoms with van der Waals surface area (Å²) in [6.45, 7) is 9.81. The van der Waals surface area contributed by atoms with E-state index >= 15 is 0 Å². The first-order valence-electron chi connectivity index (χ1n) is 8.02. The van der Waals surface area contributed by atoms with Crippen molar-refractivity contribution in [3.8, 4) is 0 Å². The lowest BCUT2D eigenvalue weighted by Crippen LogP contribution is -2.60. The van der Waals surface area contributed by atoms with E-state index in [1.54, 1.807) is 0 Å². The highest BCUT2D eigenvalue weighted by Crippen LogP contribution is 2.27. The van der Waals surface area contributed by atoms with Crippen LogP contribution in [0.5, 0.6) is 0 Å². The molecule has 0 heterocycles. The van der Waals surface area contributed by atoms with E-state index in [1.165, 1.54) is 0 Å². The Hall–Kier alpha value is -0.160. The minimum atomic E-state index is -0.0934. The van der Waals surface area contributed by atoms with E-state index in [0.717, 1.165) is 51.6 Å². The average Bonchev–Trinajstić information content (AvgIpc) is 2.36. The molecule has 4 nitrogen and oxygen atoms in total. The molecule has 0 bridgehead atoms. The number of hydrogen-bond acceptors (Lipinski definition) is 4. The van der Waals surface area contributed by atoms with Crippen LogP contribution in [-0.4, -0.2) is 42.7 Å². The Labute approximate surface area is 120 Å². The van der Waals surface area contributed by atoms with E-state index in [4.69, 9.17) is 17.2 Å². The van der Waals surface area contributed by atoms with E-state index in [9.17, 15) is 0 Å². The summed E-state index contributed by atoms with van der Waals surface area (Å²) in [7, 11) is 0. The second-order valence-electron chi connectivity index (χ2n) is 5.65. The van der Waals surface area contributed by atoms with Crippen LogP contribution in [0.3, 0.4) is 0 Å². The Morgan fingerprint density at radius 3 is 1.68 bits per heavy atom. The van der Waals surface area contributed by atoms with Gasteiger partial charge in [0.15, 0.2) is 0 Å². The highest BCUT2D eigenvalue weighted by atomic mass is 15.2. The molecular formula is C15H36N4. The van der Waals surface area contributed by atoms with Gasteiger partial charge in [-0.3, -0.25) is 4.90 Å². The van der Waals surface area contributed by atoms with Crippen molar-refractivity contribution >= 4 is 0 Å². The minimum absolute atomic E-state index is 0.0934. The van der Waals surface area contributed by atoms with Gasteiger partial charge in [-0.1, -0.05) is 40.0 Å². The van der Waals surface area contributed by atoms with Crippen molar-refractivity contribution in [1.29, 1.82) is 0 Å². The predicted molar refractivity (Wildman–Crippen MR) is 85.1 cm³/mol. The standard InChI is InChI=1S/C15H36N4/c1-4-7-14(19(12-10-16)13-11-17)15(18,8-5-2)9-6-3/h14H,4-13,16-18H2,1-3H3. The zero-order valence-corrected chi connectivity index (χ0v) is 13.3. The van der Waals surface area contributed by atoms with E-state index in [-0.39, 0.29) is 5.54 Å². The van der Waals surface area contributed by atoms with Gasteiger partial charge in [-0.25, -0.2) is 0 Å². The van der Waals surface area contributed by atoms with Crippen LogP contribution >= 0.6 is 0 Å². The molecular weight excluding hydrogens is 236 g/mol. The maximum Gasteiger partial charge on any atom is 0.0312 e. The van der Waals surface area contributed by atoms with Crippen LogP contribution in [0.15, 0.2) is 0 Å². The molecule has 1 unspecified atom stereocenters. The van der Waals surface area contributed by atoms with Crippen molar-refractivity contribution < 1.29 is 0 Å². The smallest absolute Gasteiger partial charge is 0.0312 e. The predicted octanol–water partition coefficient (Wildman–Crippen LogP) is 1.67. The first kappa shape index (κ1) is 18.8. The van der Waals surface area contributed by atoms with E-state index in [0.29, 0.717) is 19.1 Å². The summed E-state index contributed by atoms with van der Waals surface area (Å²) in [5, 5.41) is 0. The summed E-state index contributed by atoms with van der Waals surface area (Å²) in [5.74, 6) is 0. The van der Waals surface area contributed by atoms with Gasteiger partial charge in [0.05, 0.1) is 0 Å². The quantitative estimate of drug-likeness (QED) is 0.505. The third-order valence-corrected chi connectivity index (χ3v) is 3.93. The van der Waals surface area contributed by atoms with E-state index < -0.39 is 0 Å². The Morgan fingerprint density at radius 2 is 1.37 bits per heavy atom. The molecule has 0 aliphatic rings. The molecule has 0 amide bonds. The topological polar surface area (TPSA) is 81.3 Å². The average molecular weight is 272 g/mol. The molecule has 0 saturated heterocycles. The third-order valence-electron chi connectivity index (χ3n) is 3.93. The summed E-state index contributed by atoms with van der Waals surface area (Å²) in [5.41, 5.74) is 18.2. The van der Waals surface area contributed by atoms with Gasteiger partial charge < -0.3 is 17.2 Å². The Morgan fingerprint density at radius 1 is 0.895 bits per heavy atom. The van der Waals surface area contributed by atoms with Crippen LogP contribution in [0.2, 0.25) is 0 Å². The van der Waals surface area contributed by atoms with Gasteiger partial charge in [0.2, 0.25) is 0 Å². The molecule has 0 rings (SSSR count). The fourth-order valence-corrected chi connectivity index (χ4v) is 3.25. The molecule has 0 spiro atoms. The fourth-order valence-electron chi connectivity index (χ4n) is 3.25. The Balaban J connectivity index is 5.05. The Kier molecular flexibility index (Phi) is 10.5. The Bertz CT molecular complexity index is 196. The maximum atomic E-state index is 6.79. The van der Waals surface area contributed by atoms with Crippen LogP contribution in [0.4, 0.5) is 0 Å². The molecule has 0 aliphatic carbocycles. The van der Waals surface area contributed by atoms with Gasteiger partial charge in [-0.15, -0.1) is 0 Å². The highest BCUT2D eigenvalue weighted by Gasteiger charge is 2.36. The summed E-state index contributed by atoms with van der Waals surface area (Å²) in [6, 6.07) is 0.407.